The first-order chi connectivity index (χ1) is 20.0. The van der Waals surface area contributed by atoms with E-state index in [0.717, 1.165) is 25.9 Å². The molecule has 0 spiro atoms. The molecular weight excluding hydrogens is 602 g/mol. The molecule has 0 aliphatic heterocycles. The summed E-state index contributed by atoms with van der Waals surface area (Å²) in [5.41, 5.74) is 0. The summed E-state index contributed by atoms with van der Waals surface area (Å²) in [4.78, 5) is 0. The summed E-state index contributed by atoms with van der Waals surface area (Å²) >= 11 is 0. The largest absolute Gasteiger partial charge is 0.213 e. The van der Waals surface area contributed by atoms with Crippen molar-refractivity contribution in [1.82, 2.24) is 4.31 Å². The Bertz CT molecular complexity index is 563. The molecule has 0 radical (unpaired) electrons. The molecule has 0 aromatic carbocycles. The van der Waals surface area contributed by atoms with E-state index in [9.17, 15) is 8.42 Å². The van der Waals surface area contributed by atoms with E-state index in [1.54, 1.807) is 4.31 Å². The highest BCUT2D eigenvalue weighted by Gasteiger charge is 2.15. The van der Waals surface area contributed by atoms with E-state index >= 15 is 0 Å². The Kier molecular flexibility index (Phi) is 38.0. The van der Waals surface area contributed by atoms with Gasteiger partial charge in [-0.25, -0.2) is 12.7 Å². The lowest BCUT2D eigenvalue weighted by molar-refractivity contribution is 0.386. The summed E-state index contributed by atoms with van der Waals surface area (Å²) < 4.78 is 26.2. The normalized spacial score (nSPS) is 11.8. The van der Waals surface area contributed by atoms with E-state index in [4.69, 9.17) is 0 Å². The maximum atomic E-state index is 12.2. The highest BCUT2D eigenvalue weighted by molar-refractivity contribution is 8.93. The van der Waals surface area contributed by atoms with Gasteiger partial charge in [0.15, 0.2) is 0 Å². The van der Waals surface area contributed by atoms with Crippen LogP contribution in [0.4, 0.5) is 0 Å². The Morgan fingerprint density at radius 3 is 0.667 bits per heavy atom. The van der Waals surface area contributed by atoms with Gasteiger partial charge in [0.1, 0.15) is 0 Å². The van der Waals surface area contributed by atoms with Gasteiger partial charge >= 0.3 is 0 Å². The predicted octanol–water partition coefficient (Wildman–Crippen LogP) is 13.3. The molecule has 42 heavy (non-hydrogen) atoms. The lowest BCUT2D eigenvalue weighted by Gasteiger charge is -2.19. The SMILES string of the molecule is Br.CCCCCCCCCCCCCCCCCCN(CCCCCCCCCCCCCCCCCC)S(C)(=O)=O. The van der Waals surface area contributed by atoms with Crippen LogP contribution < -0.4 is 0 Å². The zero-order valence-corrected chi connectivity index (χ0v) is 31.7. The third-order valence-corrected chi connectivity index (χ3v) is 10.3. The van der Waals surface area contributed by atoms with Gasteiger partial charge in [-0.1, -0.05) is 206 Å². The van der Waals surface area contributed by atoms with E-state index in [1.807, 2.05) is 0 Å². The minimum absolute atomic E-state index is 0. The molecule has 0 aliphatic carbocycles. The molecule has 0 N–H and O–H groups in total. The molecule has 0 heterocycles. The van der Waals surface area contributed by atoms with Crippen molar-refractivity contribution in [2.75, 3.05) is 19.3 Å². The van der Waals surface area contributed by atoms with Crippen LogP contribution in [-0.4, -0.2) is 32.1 Å². The molecule has 0 aromatic rings. The van der Waals surface area contributed by atoms with Crippen LogP contribution in [0.25, 0.3) is 0 Å². The van der Waals surface area contributed by atoms with Gasteiger partial charge in [0.25, 0.3) is 0 Å². The maximum absolute atomic E-state index is 12.2. The number of hydrogen-bond acceptors (Lipinski definition) is 2. The molecule has 0 saturated carbocycles. The predicted molar refractivity (Wildman–Crippen MR) is 196 cm³/mol. The highest BCUT2D eigenvalue weighted by Crippen LogP contribution is 2.16. The van der Waals surface area contributed by atoms with E-state index in [-0.39, 0.29) is 17.0 Å². The monoisotopic (exact) mass is 679 g/mol. The van der Waals surface area contributed by atoms with Gasteiger partial charge < -0.3 is 0 Å². The van der Waals surface area contributed by atoms with Crippen molar-refractivity contribution in [1.29, 1.82) is 0 Å². The van der Waals surface area contributed by atoms with Gasteiger partial charge in [-0.2, -0.15) is 0 Å². The van der Waals surface area contributed by atoms with Gasteiger partial charge in [-0.15, -0.1) is 17.0 Å². The Balaban J connectivity index is 0. The van der Waals surface area contributed by atoms with Crippen LogP contribution in [-0.2, 0) is 10.0 Å². The van der Waals surface area contributed by atoms with Crippen LogP contribution in [0.15, 0.2) is 0 Å². The van der Waals surface area contributed by atoms with Crippen LogP contribution in [0, 0.1) is 0 Å². The maximum Gasteiger partial charge on any atom is 0.211 e. The molecule has 0 aliphatic rings. The highest BCUT2D eigenvalue weighted by atomic mass is 79.9. The topological polar surface area (TPSA) is 37.4 Å². The Morgan fingerprint density at radius 2 is 0.500 bits per heavy atom. The van der Waals surface area contributed by atoms with E-state index < -0.39 is 10.0 Å². The second kappa shape index (κ2) is 35.9. The standard InChI is InChI=1S/C37H77NO2S.BrH/c1-4-6-8-10-12-14-16-18-20-22-24-26-28-30-32-34-36-38(41(3,39)40)37-35-33-31-29-27-25-23-21-19-17-15-13-11-9-7-5-2;/h4-37H2,1-3H3;1H. The fourth-order valence-electron chi connectivity index (χ4n) is 6.12. The average molecular weight is 681 g/mol. The van der Waals surface area contributed by atoms with Crippen LogP contribution >= 0.6 is 17.0 Å². The van der Waals surface area contributed by atoms with Crippen molar-refractivity contribution in [3.8, 4) is 0 Å². The number of rotatable bonds is 35. The lowest BCUT2D eigenvalue weighted by Crippen LogP contribution is -2.32. The molecule has 0 saturated heterocycles. The van der Waals surface area contributed by atoms with Crippen molar-refractivity contribution in [3.63, 3.8) is 0 Å². The molecule has 0 bridgehead atoms. The van der Waals surface area contributed by atoms with Crippen molar-refractivity contribution in [2.24, 2.45) is 0 Å². The van der Waals surface area contributed by atoms with Crippen molar-refractivity contribution < 1.29 is 8.42 Å². The first-order valence-electron chi connectivity index (χ1n) is 19.0. The minimum Gasteiger partial charge on any atom is -0.213 e. The first kappa shape index (κ1) is 44.5. The number of sulfonamides is 1. The molecular formula is C37H78BrNO2S. The molecule has 0 atom stereocenters. The molecule has 5 heteroatoms. The van der Waals surface area contributed by atoms with Crippen molar-refractivity contribution in [3.05, 3.63) is 0 Å². The number of nitrogens with zero attached hydrogens (tertiary/aromatic N) is 1. The quantitative estimate of drug-likeness (QED) is 0.0625. The Hall–Kier alpha value is 0.390. The zero-order valence-electron chi connectivity index (χ0n) is 29.1. The molecule has 3 nitrogen and oxygen atoms in total. The fraction of sp³-hybridized carbons (Fsp3) is 1.00. The third kappa shape index (κ3) is 34.9. The summed E-state index contributed by atoms with van der Waals surface area (Å²) in [5.74, 6) is 0. The average Bonchev–Trinajstić information content (AvgIpc) is 2.95. The summed E-state index contributed by atoms with van der Waals surface area (Å²) in [6.07, 6.45) is 44.7. The summed E-state index contributed by atoms with van der Waals surface area (Å²) in [6, 6.07) is 0. The number of halogens is 1. The lowest BCUT2D eigenvalue weighted by atomic mass is 10.0. The molecule has 0 aromatic heterocycles. The molecule has 0 rings (SSSR count). The van der Waals surface area contributed by atoms with E-state index in [2.05, 4.69) is 13.8 Å². The van der Waals surface area contributed by atoms with Gasteiger partial charge in [0, 0.05) is 13.1 Å². The minimum atomic E-state index is -3.07. The number of hydrogen-bond donors (Lipinski definition) is 0. The van der Waals surface area contributed by atoms with Crippen molar-refractivity contribution >= 4 is 27.0 Å². The zero-order chi connectivity index (χ0) is 30.1. The summed E-state index contributed by atoms with van der Waals surface area (Å²) in [7, 11) is -3.07. The van der Waals surface area contributed by atoms with Gasteiger partial charge in [-0.3, -0.25) is 0 Å². The smallest absolute Gasteiger partial charge is 0.211 e. The van der Waals surface area contributed by atoms with Crippen molar-refractivity contribution in [2.45, 2.75) is 219 Å². The first-order valence-corrected chi connectivity index (χ1v) is 20.8. The molecule has 0 fully saturated rings. The van der Waals surface area contributed by atoms with Crippen LogP contribution in [0.3, 0.4) is 0 Å². The molecule has 0 unspecified atom stereocenters. The second-order valence-electron chi connectivity index (χ2n) is 13.3. The Labute approximate surface area is 277 Å². The van der Waals surface area contributed by atoms with Crippen LogP contribution in [0.5, 0.6) is 0 Å². The summed E-state index contributed by atoms with van der Waals surface area (Å²) in [6.45, 7) is 6.01. The Morgan fingerprint density at radius 1 is 0.333 bits per heavy atom. The van der Waals surface area contributed by atoms with Crippen LogP contribution in [0.1, 0.15) is 219 Å². The second-order valence-corrected chi connectivity index (χ2v) is 15.3. The van der Waals surface area contributed by atoms with Crippen LogP contribution in [0.2, 0.25) is 0 Å². The van der Waals surface area contributed by atoms with Gasteiger partial charge in [0.05, 0.1) is 6.26 Å². The molecule has 256 valence electrons. The summed E-state index contributed by atoms with van der Waals surface area (Å²) in [5, 5.41) is 0. The molecule has 0 amide bonds. The van der Waals surface area contributed by atoms with E-state index in [1.165, 1.54) is 199 Å². The number of unbranched alkanes of at least 4 members (excludes halogenated alkanes) is 30. The van der Waals surface area contributed by atoms with E-state index in [0.29, 0.717) is 0 Å². The fourth-order valence-corrected chi connectivity index (χ4v) is 7.04. The van der Waals surface area contributed by atoms with Gasteiger partial charge in [0.2, 0.25) is 10.0 Å². The third-order valence-electron chi connectivity index (χ3n) is 8.99. The van der Waals surface area contributed by atoms with Gasteiger partial charge in [-0.05, 0) is 12.8 Å².